The molecule has 2 unspecified atom stereocenters. The van der Waals surface area contributed by atoms with E-state index in [1.54, 1.807) is 18.2 Å². The lowest BCUT2D eigenvalue weighted by atomic mass is 10.0. The average molecular weight is 345 g/mol. The van der Waals surface area contributed by atoms with Crippen LogP contribution in [0.4, 0.5) is 0 Å². The second-order valence-electron chi connectivity index (χ2n) is 5.33. The molecular formula is C14H15BrClNO2. The lowest BCUT2D eigenvalue weighted by Gasteiger charge is -2.37. The van der Waals surface area contributed by atoms with E-state index in [9.17, 15) is 9.90 Å². The summed E-state index contributed by atoms with van der Waals surface area (Å²) in [6.07, 6.45) is 3.76. The number of fused-ring (bicyclic) bond motifs is 2. The molecule has 5 heteroatoms. The summed E-state index contributed by atoms with van der Waals surface area (Å²) in [5.41, 5.74) is 0.374. The molecular weight excluding hydrogens is 330 g/mol. The Balaban J connectivity index is 1.90. The molecule has 2 bridgehead atoms. The van der Waals surface area contributed by atoms with Gasteiger partial charge >= 0.3 is 0 Å². The highest BCUT2D eigenvalue weighted by Gasteiger charge is 2.43. The van der Waals surface area contributed by atoms with Crippen molar-refractivity contribution in [3.05, 3.63) is 28.2 Å². The Kier molecular flexibility index (Phi) is 3.48. The van der Waals surface area contributed by atoms with Crippen LogP contribution in [-0.4, -0.2) is 33.4 Å². The summed E-state index contributed by atoms with van der Waals surface area (Å²) in [6.45, 7) is 0. The zero-order valence-electron chi connectivity index (χ0n) is 10.4. The number of phenolic OH excluding ortho intramolecular Hbond substituents is 1. The van der Waals surface area contributed by atoms with Crippen molar-refractivity contribution < 1.29 is 9.90 Å². The molecule has 3 rings (SSSR count). The lowest BCUT2D eigenvalue weighted by Crippen LogP contribution is -2.46. The highest BCUT2D eigenvalue weighted by atomic mass is 79.9. The first kappa shape index (κ1) is 13.3. The predicted octanol–water partition coefficient (Wildman–Crippen LogP) is 3.53. The third kappa shape index (κ3) is 2.36. The SMILES string of the molecule is O=C(c1cc(Br)ccc1O)N1C2CCC1CC(Cl)C2. The summed E-state index contributed by atoms with van der Waals surface area (Å²) in [7, 11) is 0. The molecule has 1 aromatic rings. The Morgan fingerprint density at radius 3 is 2.58 bits per heavy atom. The van der Waals surface area contributed by atoms with Gasteiger partial charge in [-0.25, -0.2) is 0 Å². The van der Waals surface area contributed by atoms with Crippen LogP contribution in [0.3, 0.4) is 0 Å². The van der Waals surface area contributed by atoms with Crippen molar-refractivity contribution in [2.75, 3.05) is 0 Å². The molecule has 1 aromatic carbocycles. The standard InChI is InChI=1S/C14H15BrClNO2/c15-8-1-4-13(18)12(5-8)14(19)17-10-2-3-11(17)7-9(16)6-10/h1,4-5,9-11,18H,2-3,6-7H2. The number of aromatic hydroxyl groups is 1. The topological polar surface area (TPSA) is 40.5 Å². The van der Waals surface area contributed by atoms with Crippen LogP contribution in [0.1, 0.15) is 36.0 Å². The molecule has 0 saturated carbocycles. The number of hydrogen-bond donors (Lipinski definition) is 1. The normalized spacial score (nSPS) is 29.6. The van der Waals surface area contributed by atoms with Gasteiger partial charge in [0.2, 0.25) is 0 Å². The minimum Gasteiger partial charge on any atom is -0.507 e. The summed E-state index contributed by atoms with van der Waals surface area (Å²) >= 11 is 9.57. The van der Waals surface area contributed by atoms with E-state index in [1.807, 2.05) is 4.90 Å². The maximum atomic E-state index is 12.6. The fraction of sp³-hybridized carbons (Fsp3) is 0.500. The molecule has 0 aromatic heterocycles. The number of benzene rings is 1. The van der Waals surface area contributed by atoms with Crippen LogP contribution < -0.4 is 0 Å². The Hall–Kier alpha value is -0.740. The van der Waals surface area contributed by atoms with Gasteiger partial charge < -0.3 is 10.0 Å². The van der Waals surface area contributed by atoms with Crippen molar-refractivity contribution >= 4 is 33.4 Å². The summed E-state index contributed by atoms with van der Waals surface area (Å²) in [6, 6.07) is 5.42. The van der Waals surface area contributed by atoms with Crippen molar-refractivity contribution in [2.45, 2.75) is 43.1 Å². The Morgan fingerprint density at radius 1 is 1.32 bits per heavy atom. The van der Waals surface area contributed by atoms with Gasteiger partial charge in [-0.15, -0.1) is 11.6 Å². The second kappa shape index (κ2) is 4.98. The van der Waals surface area contributed by atoms with Crippen LogP contribution in [-0.2, 0) is 0 Å². The summed E-state index contributed by atoms with van der Waals surface area (Å²) in [4.78, 5) is 14.6. The molecule has 0 spiro atoms. The fourth-order valence-electron chi connectivity index (χ4n) is 3.26. The van der Waals surface area contributed by atoms with Crippen molar-refractivity contribution in [1.82, 2.24) is 4.90 Å². The Labute approximate surface area is 125 Å². The molecule has 2 fully saturated rings. The lowest BCUT2D eigenvalue weighted by molar-refractivity contribution is 0.0596. The number of halogens is 2. The number of phenols is 1. The number of alkyl halides is 1. The van der Waals surface area contributed by atoms with E-state index in [-0.39, 0.29) is 29.1 Å². The first-order valence-corrected chi connectivity index (χ1v) is 7.74. The molecule has 3 nitrogen and oxygen atoms in total. The summed E-state index contributed by atoms with van der Waals surface area (Å²) in [5, 5.41) is 10.1. The quantitative estimate of drug-likeness (QED) is 0.792. The van der Waals surface area contributed by atoms with Gasteiger partial charge in [0.1, 0.15) is 5.75 Å². The van der Waals surface area contributed by atoms with Gasteiger partial charge in [0.25, 0.3) is 5.91 Å². The van der Waals surface area contributed by atoms with Crippen LogP contribution >= 0.6 is 27.5 Å². The first-order valence-electron chi connectivity index (χ1n) is 6.51. The minimum atomic E-state index is -0.0742. The molecule has 2 aliphatic rings. The number of nitrogens with zero attached hydrogens (tertiary/aromatic N) is 1. The molecule has 102 valence electrons. The van der Waals surface area contributed by atoms with E-state index in [0.717, 1.165) is 30.2 Å². The molecule has 0 radical (unpaired) electrons. The highest BCUT2D eigenvalue weighted by molar-refractivity contribution is 9.10. The van der Waals surface area contributed by atoms with Gasteiger partial charge in [-0.1, -0.05) is 15.9 Å². The van der Waals surface area contributed by atoms with Crippen LogP contribution in [0.15, 0.2) is 22.7 Å². The van der Waals surface area contributed by atoms with E-state index >= 15 is 0 Å². The number of piperidine rings is 1. The number of carbonyl (C=O) groups is 1. The fourth-order valence-corrected chi connectivity index (χ4v) is 4.03. The van der Waals surface area contributed by atoms with Crippen LogP contribution in [0.25, 0.3) is 0 Å². The van der Waals surface area contributed by atoms with Gasteiger partial charge in [0, 0.05) is 21.9 Å². The summed E-state index contributed by atoms with van der Waals surface area (Å²) in [5.74, 6) is -0.0320. The molecule has 2 aliphatic heterocycles. The van der Waals surface area contributed by atoms with E-state index in [2.05, 4.69) is 15.9 Å². The van der Waals surface area contributed by atoms with Crippen molar-refractivity contribution in [1.29, 1.82) is 0 Å². The highest BCUT2D eigenvalue weighted by Crippen LogP contribution is 2.39. The number of amides is 1. The average Bonchev–Trinajstić information content (AvgIpc) is 2.64. The minimum absolute atomic E-state index is 0.0422. The second-order valence-corrected chi connectivity index (χ2v) is 6.86. The number of hydrogen-bond acceptors (Lipinski definition) is 2. The van der Waals surface area contributed by atoms with Gasteiger partial charge in [0.05, 0.1) is 5.56 Å². The zero-order valence-corrected chi connectivity index (χ0v) is 12.7. The van der Waals surface area contributed by atoms with Gasteiger partial charge in [-0.3, -0.25) is 4.79 Å². The molecule has 2 saturated heterocycles. The largest absolute Gasteiger partial charge is 0.507 e. The molecule has 1 amide bonds. The van der Waals surface area contributed by atoms with Crippen LogP contribution in [0, 0.1) is 0 Å². The molecule has 19 heavy (non-hydrogen) atoms. The van der Waals surface area contributed by atoms with Gasteiger partial charge in [-0.2, -0.15) is 0 Å². The van der Waals surface area contributed by atoms with E-state index < -0.39 is 0 Å². The Bertz CT molecular complexity index is 508. The van der Waals surface area contributed by atoms with Crippen molar-refractivity contribution in [3.8, 4) is 5.75 Å². The van der Waals surface area contributed by atoms with E-state index in [1.165, 1.54) is 0 Å². The van der Waals surface area contributed by atoms with E-state index in [0.29, 0.717) is 5.56 Å². The Morgan fingerprint density at radius 2 is 1.95 bits per heavy atom. The van der Waals surface area contributed by atoms with Crippen LogP contribution in [0.5, 0.6) is 5.75 Å². The number of carbonyl (C=O) groups excluding carboxylic acids is 1. The van der Waals surface area contributed by atoms with Gasteiger partial charge in [0.15, 0.2) is 0 Å². The molecule has 2 atom stereocenters. The zero-order chi connectivity index (χ0) is 13.6. The smallest absolute Gasteiger partial charge is 0.258 e. The predicted molar refractivity (Wildman–Crippen MR) is 77.7 cm³/mol. The molecule has 0 aliphatic carbocycles. The van der Waals surface area contributed by atoms with Gasteiger partial charge in [-0.05, 0) is 43.9 Å². The summed E-state index contributed by atoms with van der Waals surface area (Å²) < 4.78 is 0.799. The van der Waals surface area contributed by atoms with E-state index in [4.69, 9.17) is 11.6 Å². The maximum absolute atomic E-state index is 12.6. The first-order chi connectivity index (χ1) is 9.06. The van der Waals surface area contributed by atoms with Crippen LogP contribution in [0.2, 0.25) is 0 Å². The third-order valence-electron chi connectivity index (χ3n) is 4.10. The van der Waals surface area contributed by atoms with Crippen molar-refractivity contribution in [3.63, 3.8) is 0 Å². The molecule has 1 N–H and O–H groups in total. The number of rotatable bonds is 1. The molecule has 2 heterocycles. The maximum Gasteiger partial charge on any atom is 0.258 e. The third-order valence-corrected chi connectivity index (χ3v) is 4.95. The van der Waals surface area contributed by atoms with Crippen molar-refractivity contribution in [2.24, 2.45) is 0 Å². The monoisotopic (exact) mass is 343 g/mol.